The fraction of sp³-hybridized carbons (Fsp3) is 0.462. The molecule has 1 aliphatic rings. The van der Waals surface area contributed by atoms with Crippen molar-refractivity contribution in [3.8, 4) is 0 Å². The maximum Gasteiger partial charge on any atom is 0.471 e. The largest absolute Gasteiger partial charge is 0.505 e. The number of aromatic amines is 1. The van der Waals surface area contributed by atoms with Crippen molar-refractivity contribution < 1.29 is 38.0 Å². The van der Waals surface area contributed by atoms with Gasteiger partial charge in [-0.05, 0) is 12.2 Å². The predicted molar refractivity (Wildman–Crippen MR) is 82.2 cm³/mol. The number of nitrogens with zero attached hydrogens (tertiary/aromatic N) is 2. The molecular formula is C13H14F3N3O6S. The summed E-state index contributed by atoms with van der Waals surface area (Å²) in [5.41, 5.74) is -1.13. The zero-order valence-electron chi connectivity index (χ0n) is 13.1. The Kier molecular flexibility index (Phi) is 5.44. The van der Waals surface area contributed by atoms with Gasteiger partial charge in [0.2, 0.25) is 5.88 Å². The quantitative estimate of drug-likeness (QED) is 0.521. The van der Waals surface area contributed by atoms with E-state index in [1.165, 1.54) is 0 Å². The Labute approximate surface area is 148 Å². The molecular weight excluding hydrogens is 383 g/mol. The number of carbonyl (C=O) groups is 1. The predicted octanol–water partition coefficient (Wildman–Crippen LogP) is -0.137. The Morgan fingerprint density at radius 2 is 2.12 bits per heavy atom. The van der Waals surface area contributed by atoms with E-state index in [1.54, 1.807) is 0 Å². The van der Waals surface area contributed by atoms with E-state index in [0.717, 1.165) is 17.8 Å². The number of rotatable bonds is 4. The lowest BCUT2D eigenvalue weighted by molar-refractivity contribution is -0.184. The number of ether oxygens (including phenoxy) is 1. The van der Waals surface area contributed by atoms with Gasteiger partial charge in [-0.25, -0.2) is 0 Å². The molecule has 0 saturated heterocycles. The third kappa shape index (κ3) is 3.73. The second-order valence-electron chi connectivity index (χ2n) is 5.42. The highest BCUT2D eigenvalue weighted by molar-refractivity contribution is 7.71. The number of halogens is 3. The summed E-state index contributed by atoms with van der Waals surface area (Å²) in [4.78, 5) is 25.6. The van der Waals surface area contributed by atoms with Crippen LogP contribution in [0, 0.1) is 4.77 Å². The number of aliphatic hydroxyl groups excluding tert-OH is 3. The van der Waals surface area contributed by atoms with Crippen LogP contribution in [0.1, 0.15) is 5.56 Å². The lowest BCUT2D eigenvalue weighted by Crippen LogP contribution is -2.39. The van der Waals surface area contributed by atoms with Crippen molar-refractivity contribution in [3.05, 3.63) is 32.6 Å². The molecule has 2 rings (SSSR count). The molecule has 0 fully saturated rings. The lowest BCUT2D eigenvalue weighted by Gasteiger charge is -2.19. The molecule has 0 saturated carbocycles. The molecule has 26 heavy (non-hydrogen) atoms. The summed E-state index contributed by atoms with van der Waals surface area (Å²) in [6.45, 7) is -1.34. The van der Waals surface area contributed by atoms with Crippen LogP contribution in [0.2, 0.25) is 0 Å². The molecule has 0 radical (unpaired) electrons. The summed E-state index contributed by atoms with van der Waals surface area (Å²) in [6.07, 6.45) is -6.87. The highest BCUT2D eigenvalue weighted by atomic mass is 32.1. The van der Waals surface area contributed by atoms with Crippen molar-refractivity contribution >= 4 is 24.0 Å². The summed E-state index contributed by atoms with van der Waals surface area (Å²) in [5.74, 6) is -3.23. The van der Waals surface area contributed by atoms with Crippen molar-refractivity contribution in [1.82, 2.24) is 14.5 Å². The van der Waals surface area contributed by atoms with E-state index in [2.05, 4.69) is 4.98 Å². The smallest absolute Gasteiger partial charge is 0.471 e. The van der Waals surface area contributed by atoms with Crippen LogP contribution in [-0.4, -0.2) is 67.7 Å². The molecule has 0 spiro atoms. The van der Waals surface area contributed by atoms with E-state index in [-0.39, 0.29) is 15.2 Å². The first-order valence-corrected chi connectivity index (χ1v) is 7.44. The number of hydrogen-bond donors (Lipinski definition) is 4. The zero-order valence-corrected chi connectivity index (χ0v) is 14.0. The molecule has 0 bridgehead atoms. The second kappa shape index (κ2) is 7.09. The Hall–Kier alpha value is -2.38. The maximum absolute atomic E-state index is 12.5. The Balaban J connectivity index is 2.41. The summed E-state index contributed by atoms with van der Waals surface area (Å²) in [7, 11) is 0.857. The highest BCUT2D eigenvalue weighted by Crippen LogP contribution is 2.27. The van der Waals surface area contributed by atoms with Gasteiger partial charge in [0, 0.05) is 13.2 Å². The number of amides is 1. The van der Waals surface area contributed by atoms with Gasteiger partial charge in [0.05, 0.1) is 18.7 Å². The van der Waals surface area contributed by atoms with Crippen LogP contribution in [0.25, 0.3) is 5.88 Å². The van der Waals surface area contributed by atoms with Gasteiger partial charge in [-0.15, -0.1) is 0 Å². The third-order valence-electron chi connectivity index (χ3n) is 3.53. The van der Waals surface area contributed by atoms with Crippen LogP contribution < -0.4 is 5.56 Å². The second-order valence-corrected chi connectivity index (χ2v) is 5.80. The number of aliphatic hydroxyl groups is 3. The molecule has 2 heterocycles. The molecule has 1 aromatic heterocycles. The minimum absolute atomic E-state index is 0.282. The molecule has 0 aromatic carbocycles. The molecule has 4 N–H and O–H groups in total. The van der Waals surface area contributed by atoms with Crippen molar-refractivity contribution in [1.29, 1.82) is 0 Å². The number of hydrogen-bond acceptors (Lipinski definition) is 7. The van der Waals surface area contributed by atoms with E-state index in [9.17, 15) is 33.0 Å². The van der Waals surface area contributed by atoms with Crippen LogP contribution in [0.3, 0.4) is 0 Å². The lowest BCUT2D eigenvalue weighted by atomic mass is 10.2. The van der Waals surface area contributed by atoms with Gasteiger partial charge in [-0.1, -0.05) is 0 Å². The third-order valence-corrected chi connectivity index (χ3v) is 3.82. The number of H-pyrrole nitrogens is 1. The van der Waals surface area contributed by atoms with Crippen molar-refractivity contribution in [2.75, 3.05) is 13.7 Å². The molecule has 1 amide bonds. The average molecular weight is 397 g/mol. The summed E-state index contributed by atoms with van der Waals surface area (Å²) < 4.78 is 43.1. The van der Waals surface area contributed by atoms with E-state index in [1.807, 2.05) is 0 Å². The molecule has 13 heteroatoms. The first-order chi connectivity index (χ1) is 12.0. The number of alkyl halides is 3. The molecule has 144 valence electrons. The van der Waals surface area contributed by atoms with Gasteiger partial charge in [0.15, 0.2) is 22.7 Å². The average Bonchev–Trinajstić information content (AvgIpc) is 2.83. The molecule has 1 unspecified atom stereocenters. The number of carbonyl (C=O) groups excluding carboxylic acids is 1. The van der Waals surface area contributed by atoms with Gasteiger partial charge in [0.25, 0.3) is 5.56 Å². The minimum atomic E-state index is -5.11. The summed E-state index contributed by atoms with van der Waals surface area (Å²) in [5, 5.41) is 28.7. The summed E-state index contributed by atoms with van der Waals surface area (Å²) >= 11 is 4.90. The van der Waals surface area contributed by atoms with E-state index in [0.29, 0.717) is 0 Å². The Morgan fingerprint density at radius 1 is 1.50 bits per heavy atom. The van der Waals surface area contributed by atoms with Crippen molar-refractivity contribution in [3.63, 3.8) is 0 Å². The SMILES string of the molecule is CN(Cc1cn(C2=C(O)C(O)[C@@H](CO)O2)c(=S)[nH]c1=O)C(=O)C(F)(F)F. The van der Waals surface area contributed by atoms with Crippen LogP contribution in [0.15, 0.2) is 16.8 Å². The fourth-order valence-corrected chi connectivity index (χ4v) is 2.43. The van der Waals surface area contributed by atoms with Gasteiger partial charge in [0.1, 0.15) is 0 Å². The van der Waals surface area contributed by atoms with Crippen molar-refractivity contribution in [2.24, 2.45) is 0 Å². The van der Waals surface area contributed by atoms with Crippen LogP contribution in [0.4, 0.5) is 13.2 Å². The Bertz CT molecular complexity index is 862. The topological polar surface area (TPSA) is 128 Å². The van der Waals surface area contributed by atoms with E-state index >= 15 is 0 Å². The van der Waals surface area contributed by atoms with Gasteiger partial charge in [-0.3, -0.25) is 19.1 Å². The molecule has 2 atom stereocenters. The summed E-state index contributed by atoms with van der Waals surface area (Å²) in [6, 6.07) is 0. The van der Waals surface area contributed by atoms with Crippen LogP contribution in [0.5, 0.6) is 0 Å². The molecule has 0 aliphatic carbocycles. The maximum atomic E-state index is 12.5. The Morgan fingerprint density at radius 3 is 2.62 bits per heavy atom. The van der Waals surface area contributed by atoms with Crippen molar-refractivity contribution in [2.45, 2.75) is 24.9 Å². The first kappa shape index (κ1) is 19.9. The standard InChI is InChI=1S/C13H14F3N3O6S/c1-18(11(24)13(14,15)16)2-5-3-19(12(26)17-9(5)23)10-8(22)7(21)6(4-20)25-10/h3,6-7,20-22H,2,4H2,1H3,(H,17,23,26)/t6-,7?/m1/s1. The minimum Gasteiger partial charge on any atom is -0.505 e. The fourth-order valence-electron chi connectivity index (χ4n) is 2.21. The monoisotopic (exact) mass is 397 g/mol. The zero-order chi connectivity index (χ0) is 19.8. The van der Waals surface area contributed by atoms with Gasteiger partial charge < -0.3 is 25.0 Å². The number of nitrogens with one attached hydrogen (secondary N) is 1. The molecule has 1 aromatic rings. The van der Waals surface area contributed by atoms with E-state index < -0.39 is 54.6 Å². The highest BCUT2D eigenvalue weighted by Gasteiger charge is 2.41. The normalized spacial score (nSPS) is 20.2. The van der Waals surface area contributed by atoms with Crippen LogP contribution >= 0.6 is 12.2 Å². The molecule has 9 nitrogen and oxygen atoms in total. The van der Waals surface area contributed by atoms with Gasteiger partial charge >= 0.3 is 12.1 Å². The number of aromatic nitrogens is 2. The van der Waals surface area contributed by atoms with Gasteiger partial charge in [-0.2, -0.15) is 13.2 Å². The van der Waals surface area contributed by atoms with E-state index in [4.69, 9.17) is 22.1 Å². The molecule has 1 aliphatic heterocycles. The first-order valence-electron chi connectivity index (χ1n) is 7.03. The van der Waals surface area contributed by atoms with Crippen LogP contribution in [-0.2, 0) is 16.1 Å².